The number of nitrogens with zero attached hydrogens (tertiary/aromatic N) is 2. The molecule has 0 aliphatic heterocycles. The van der Waals surface area contributed by atoms with E-state index in [-0.39, 0.29) is 5.54 Å². The zero-order valence-corrected chi connectivity index (χ0v) is 12.1. The fraction of sp³-hybridized carbons (Fsp3) is 0.438. The first kappa shape index (κ1) is 13.8. The van der Waals surface area contributed by atoms with Gasteiger partial charge in [-0.3, -0.25) is 4.68 Å². The summed E-state index contributed by atoms with van der Waals surface area (Å²) in [4.78, 5) is 0. The van der Waals surface area contributed by atoms with Gasteiger partial charge in [0.1, 0.15) is 0 Å². The average molecular weight is 257 g/mol. The Morgan fingerprint density at radius 1 is 1.21 bits per heavy atom. The number of hydrogen-bond acceptors (Lipinski definition) is 2. The van der Waals surface area contributed by atoms with Crippen LogP contribution in [0.3, 0.4) is 0 Å². The van der Waals surface area contributed by atoms with Crippen molar-refractivity contribution in [1.29, 1.82) is 0 Å². The predicted octanol–water partition coefficient (Wildman–Crippen LogP) is 2.49. The van der Waals surface area contributed by atoms with Crippen LogP contribution in [0.15, 0.2) is 36.4 Å². The Morgan fingerprint density at radius 2 is 1.89 bits per heavy atom. The molecule has 1 unspecified atom stereocenters. The van der Waals surface area contributed by atoms with Gasteiger partial charge in [-0.1, -0.05) is 37.3 Å². The largest absolute Gasteiger partial charge is 0.325 e. The molecule has 0 saturated heterocycles. The van der Waals surface area contributed by atoms with E-state index < -0.39 is 0 Å². The van der Waals surface area contributed by atoms with Crippen molar-refractivity contribution in [3.63, 3.8) is 0 Å². The number of rotatable bonds is 5. The molecular formula is C16H23N3. The van der Waals surface area contributed by atoms with Crippen LogP contribution in [0.2, 0.25) is 0 Å². The van der Waals surface area contributed by atoms with Crippen LogP contribution >= 0.6 is 0 Å². The van der Waals surface area contributed by atoms with Crippen LogP contribution in [0.5, 0.6) is 0 Å². The quantitative estimate of drug-likeness (QED) is 0.894. The lowest BCUT2D eigenvalue weighted by Crippen LogP contribution is -2.41. The van der Waals surface area contributed by atoms with Gasteiger partial charge in [0.15, 0.2) is 0 Å². The zero-order chi connectivity index (χ0) is 13.9. The van der Waals surface area contributed by atoms with Gasteiger partial charge in [0.25, 0.3) is 0 Å². The second-order valence-electron chi connectivity index (χ2n) is 5.60. The van der Waals surface area contributed by atoms with E-state index in [0.29, 0.717) is 0 Å². The van der Waals surface area contributed by atoms with Crippen LogP contribution in [0.4, 0.5) is 0 Å². The molecule has 0 aliphatic rings. The molecule has 1 aromatic heterocycles. The number of aromatic nitrogens is 2. The van der Waals surface area contributed by atoms with Crippen molar-refractivity contribution in [2.24, 2.45) is 12.8 Å². The summed E-state index contributed by atoms with van der Waals surface area (Å²) >= 11 is 0. The summed E-state index contributed by atoms with van der Waals surface area (Å²) in [5.41, 5.74) is 9.83. The minimum absolute atomic E-state index is 0.250. The number of aryl methyl sites for hydroxylation is 2. The van der Waals surface area contributed by atoms with E-state index in [1.807, 2.05) is 17.8 Å². The number of nitrogens with two attached hydrogens (primary N) is 1. The molecule has 19 heavy (non-hydrogen) atoms. The highest BCUT2D eigenvalue weighted by Crippen LogP contribution is 2.17. The van der Waals surface area contributed by atoms with Crippen molar-refractivity contribution < 1.29 is 0 Å². The maximum Gasteiger partial charge on any atom is 0.0624 e. The highest BCUT2D eigenvalue weighted by atomic mass is 15.3. The summed E-state index contributed by atoms with van der Waals surface area (Å²) in [6.07, 6.45) is 2.68. The van der Waals surface area contributed by atoms with Crippen molar-refractivity contribution >= 4 is 0 Å². The van der Waals surface area contributed by atoms with Crippen LogP contribution in [-0.2, 0) is 26.3 Å². The number of hydrogen-bond donors (Lipinski definition) is 1. The van der Waals surface area contributed by atoms with Gasteiger partial charge in [-0.15, -0.1) is 0 Å². The summed E-state index contributed by atoms with van der Waals surface area (Å²) < 4.78 is 1.95. The van der Waals surface area contributed by atoms with E-state index in [1.165, 1.54) is 11.3 Å². The zero-order valence-electron chi connectivity index (χ0n) is 12.1. The molecule has 0 spiro atoms. The summed E-state index contributed by atoms with van der Waals surface area (Å²) in [5.74, 6) is 0. The molecular weight excluding hydrogens is 234 g/mol. The molecule has 1 aromatic carbocycles. The molecule has 0 bridgehead atoms. The van der Waals surface area contributed by atoms with E-state index in [2.05, 4.69) is 49.3 Å². The molecule has 102 valence electrons. The first-order chi connectivity index (χ1) is 9.00. The second-order valence-corrected chi connectivity index (χ2v) is 5.60. The third-order valence-corrected chi connectivity index (χ3v) is 3.43. The fourth-order valence-electron chi connectivity index (χ4n) is 2.45. The van der Waals surface area contributed by atoms with Gasteiger partial charge in [0.2, 0.25) is 0 Å². The maximum atomic E-state index is 6.46. The van der Waals surface area contributed by atoms with Crippen LogP contribution in [0.1, 0.15) is 30.8 Å². The monoisotopic (exact) mass is 257 g/mol. The highest BCUT2D eigenvalue weighted by Gasteiger charge is 2.21. The Morgan fingerprint density at radius 3 is 2.47 bits per heavy atom. The van der Waals surface area contributed by atoms with Crippen molar-refractivity contribution in [1.82, 2.24) is 9.78 Å². The van der Waals surface area contributed by atoms with E-state index in [4.69, 9.17) is 5.73 Å². The normalized spacial score (nSPS) is 14.3. The SMILES string of the molecule is CCc1cc(CC(C)(N)Cc2ccccc2)n(C)n1. The predicted molar refractivity (Wildman–Crippen MR) is 79.0 cm³/mol. The Balaban J connectivity index is 2.10. The summed E-state index contributed by atoms with van der Waals surface area (Å²) in [7, 11) is 1.99. The standard InChI is InChI=1S/C16H23N3/c1-4-14-10-15(19(3)18-14)12-16(2,17)11-13-8-6-5-7-9-13/h5-10H,4,11-12,17H2,1-3H3. The van der Waals surface area contributed by atoms with Crippen LogP contribution in [0, 0.1) is 0 Å². The van der Waals surface area contributed by atoms with Crippen molar-refractivity contribution in [2.75, 3.05) is 0 Å². The van der Waals surface area contributed by atoms with E-state index in [9.17, 15) is 0 Å². The molecule has 0 amide bonds. The van der Waals surface area contributed by atoms with E-state index in [1.54, 1.807) is 0 Å². The average Bonchev–Trinajstić information content (AvgIpc) is 2.70. The topological polar surface area (TPSA) is 43.8 Å². The third kappa shape index (κ3) is 3.67. The Labute approximate surface area is 115 Å². The molecule has 1 atom stereocenters. The molecule has 3 nitrogen and oxygen atoms in total. The first-order valence-electron chi connectivity index (χ1n) is 6.85. The smallest absolute Gasteiger partial charge is 0.0624 e. The minimum Gasteiger partial charge on any atom is -0.325 e. The Hall–Kier alpha value is -1.61. The summed E-state index contributed by atoms with van der Waals surface area (Å²) in [5, 5.41) is 4.48. The van der Waals surface area contributed by atoms with Gasteiger partial charge < -0.3 is 5.73 Å². The molecule has 0 saturated carbocycles. The first-order valence-corrected chi connectivity index (χ1v) is 6.85. The van der Waals surface area contributed by atoms with Gasteiger partial charge >= 0.3 is 0 Å². The van der Waals surface area contributed by atoms with Crippen molar-refractivity contribution in [2.45, 2.75) is 38.6 Å². The van der Waals surface area contributed by atoms with E-state index in [0.717, 1.165) is 25.0 Å². The fourth-order valence-corrected chi connectivity index (χ4v) is 2.45. The third-order valence-electron chi connectivity index (χ3n) is 3.43. The molecule has 0 radical (unpaired) electrons. The number of benzene rings is 1. The lowest BCUT2D eigenvalue weighted by atomic mass is 9.89. The van der Waals surface area contributed by atoms with E-state index >= 15 is 0 Å². The van der Waals surface area contributed by atoms with Crippen molar-refractivity contribution in [3.05, 3.63) is 53.3 Å². The second kappa shape index (κ2) is 5.57. The van der Waals surface area contributed by atoms with Gasteiger partial charge in [0, 0.05) is 24.7 Å². The maximum absolute atomic E-state index is 6.46. The summed E-state index contributed by atoms with van der Waals surface area (Å²) in [6.45, 7) is 4.23. The molecule has 3 heteroatoms. The minimum atomic E-state index is -0.250. The van der Waals surface area contributed by atoms with Crippen molar-refractivity contribution in [3.8, 4) is 0 Å². The van der Waals surface area contributed by atoms with Gasteiger partial charge in [0.05, 0.1) is 5.69 Å². The molecule has 0 aliphatic carbocycles. The Kier molecular flexibility index (Phi) is 4.05. The summed E-state index contributed by atoms with van der Waals surface area (Å²) in [6, 6.07) is 12.6. The molecule has 1 heterocycles. The molecule has 2 aromatic rings. The van der Waals surface area contributed by atoms with Gasteiger partial charge in [-0.2, -0.15) is 5.10 Å². The highest BCUT2D eigenvalue weighted by molar-refractivity contribution is 5.20. The Bertz CT molecular complexity index is 526. The van der Waals surface area contributed by atoms with Gasteiger partial charge in [-0.05, 0) is 31.4 Å². The van der Waals surface area contributed by atoms with Gasteiger partial charge in [-0.25, -0.2) is 0 Å². The van der Waals surface area contributed by atoms with Crippen LogP contribution in [-0.4, -0.2) is 15.3 Å². The molecule has 2 rings (SSSR count). The lowest BCUT2D eigenvalue weighted by molar-refractivity contribution is 0.447. The molecule has 0 fully saturated rings. The lowest BCUT2D eigenvalue weighted by Gasteiger charge is -2.24. The van der Waals surface area contributed by atoms with Crippen LogP contribution < -0.4 is 5.73 Å². The molecule has 2 N–H and O–H groups in total. The van der Waals surface area contributed by atoms with Crippen LogP contribution in [0.25, 0.3) is 0 Å².